The summed E-state index contributed by atoms with van der Waals surface area (Å²) in [6.45, 7) is -0.721. The first-order valence-electron chi connectivity index (χ1n) is 9.09. The van der Waals surface area contributed by atoms with Gasteiger partial charge in [0.25, 0.3) is 17.7 Å². The summed E-state index contributed by atoms with van der Waals surface area (Å²) in [6, 6.07) is 2.74. The first kappa shape index (κ1) is 20.0. The van der Waals surface area contributed by atoms with Gasteiger partial charge in [0.05, 0.1) is 11.3 Å². The van der Waals surface area contributed by atoms with Crippen LogP contribution in [-0.2, 0) is 19.1 Å². The summed E-state index contributed by atoms with van der Waals surface area (Å²) in [5, 5.41) is 6.58. The summed E-state index contributed by atoms with van der Waals surface area (Å²) in [7, 11) is 0. The molecule has 0 atom stereocenters. The Balaban J connectivity index is 1.41. The smallest absolute Gasteiger partial charge is 0.325 e. The summed E-state index contributed by atoms with van der Waals surface area (Å²) in [6.07, 6.45) is 3.78. The van der Waals surface area contributed by atoms with Crippen LogP contribution >= 0.6 is 11.3 Å². The van der Waals surface area contributed by atoms with Crippen molar-refractivity contribution in [1.29, 1.82) is 0 Å². The number of nitrogens with zero attached hydrogens (tertiary/aromatic N) is 1. The van der Waals surface area contributed by atoms with E-state index in [4.69, 9.17) is 4.74 Å². The summed E-state index contributed by atoms with van der Waals surface area (Å²) in [4.78, 5) is 61.4. The molecule has 1 aliphatic carbocycles. The van der Waals surface area contributed by atoms with Crippen LogP contribution in [-0.4, -0.2) is 53.3 Å². The Morgan fingerprint density at radius 2 is 1.96 bits per heavy atom. The summed E-state index contributed by atoms with van der Waals surface area (Å²) >= 11 is 1.18. The number of rotatable bonds is 6. The molecule has 1 saturated heterocycles. The van der Waals surface area contributed by atoms with Crippen molar-refractivity contribution in [3.8, 4) is 0 Å². The van der Waals surface area contributed by atoms with Gasteiger partial charge in [-0.15, -0.1) is 11.3 Å². The quantitative estimate of drug-likeness (QED) is 0.540. The third-order valence-corrected chi connectivity index (χ3v) is 5.72. The fourth-order valence-electron chi connectivity index (χ4n) is 3.43. The molecule has 2 N–H and O–H groups in total. The Labute approximate surface area is 165 Å². The van der Waals surface area contributed by atoms with Gasteiger partial charge >= 0.3 is 12.0 Å². The molecule has 10 heteroatoms. The molecule has 2 aliphatic rings. The predicted octanol–water partition coefficient (Wildman–Crippen LogP) is 1.19. The minimum absolute atomic E-state index is 0.110. The van der Waals surface area contributed by atoms with Gasteiger partial charge < -0.3 is 10.1 Å². The van der Waals surface area contributed by atoms with Crippen LogP contribution in [0.15, 0.2) is 17.5 Å². The van der Waals surface area contributed by atoms with Crippen LogP contribution in [0.2, 0.25) is 0 Å². The van der Waals surface area contributed by atoms with Crippen molar-refractivity contribution in [3.05, 3.63) is 22.4 Å². The highest BCUT2D eigenvalue weighted by Gasteiger charge is 2.51. The molecule has 1 spiro atoms. The van der Waals surface area contributed by atoms with Gasteiger partial charge in [0.15, 0.2) is 6.61 Å². The maximum atomic E-state index is 12.6. The van der Waals surface area contributed by atoms with E-state index in [1.807, 2.05) is 0 Å². The minimum atomic E-state index is -0.832. The van der Waals surface area contributed by atoms with E-state index < -0.39 is 36.0 Å². The zero-order chi connectivity index (χ0) is 20.1. The number of esters is 1. The van der Waals surface area contributed by atoms with Crippen molar-refractivity contribution in [2.45, 2.75) is 44.1 Å². The van der Waals surface area contributed by atoms with Crippen LogP contribution in [0, 0.1) is 0 Å². The lowest BCUT2D eigenvalue weighted by atomic mass is 9.82. The lowest BCUT2D eigenvalue weighted by Crippen LogP contribution is -2.48. The first-order chi connectivity index (χ1) is 13.4. The largest absolute Gasteiger partial charge is 0.456 e. The third-order valence-electron chi connectivity index (χ3n) is 4.85. The minimum Gasteiger partial charge on any atom is -0.456 e. The number of amides is 5. The number of carbonyl (C=O) groups is 5. The highest BCUT2D eigenvalue weighted by atomic mass is 32.1. The van der Waals surface area contributed by atoms with Crippen molar-refractivity contribution in [2.24, 2.45) is 0 Å². The molecule has 1 aromatic heterocycles. The summed E-state index contributed by atoms with van der Waals surface area (Å²) in [5.74, 6) is -2.34. The number of carbonyl (C=O) groups excluding carboxylic acids is 5. The van der Waals surface area contributed by atoms with Crippen molar-refractivity contribution >= 4 is 41.1 Å². The molecule has 28 heavy (non-hydrogen) atoms. The highest BCUT2D eigenvalue weighted by molar-refractivity contribution is 7.12. The zero-order valence-electron chi connectivity index (χ0n) is 15.2. The molecule has 0 aromatic carbocycles. The van der Waals surface area contributed by atoms with E-state index in [-0.39, 0.29) is 18.9 Å². The topological polar surface area (TPSA) is 122 Å². The number of ether oxygens (including phenoxy) is 1. The van der Waals surface area contributed by atoms with Crippen molar-refractivity contribution in [1.82, 2.24) is 15.5 Å². The number of imide groups is 2. The second-order valence-corrected chi connectivity index (χ2v) is 7.74. The van der Waals surface area contributed by atoms with Gasteiger partial charge in [0, 0.05) is 6.54 Å². The molecule has 5 amide bonds. The average molecular weight is 407 g/mol. The predicted molar refractivity (Wildman–Crippen MR) is 98.4 cm³/mol. The van der Waals surface area contributed by atoms with E-state index in [9.17, 15) is 24.0 Å². The van der Waals surface area contributed by atoms with E-state index in [2.05, 4.69) is 10.6 Å². The van der Waals surface area contributed by atoms with Gasteiger partial charge in [-0.2, -0.15) is 0 Å². The maximum Gasteiger partial charge on any atom is 0.325 e. The van der Waals surface area contributed by atoms with Crippen molar-refractivity contribution in [2.75, 3.05) is 13.2 Å². The average Bonchev–Trinajstić information content (AvgIpc) is 3.28. The maximum absolute atomic E-state index is 12.6. The molecule has 150 valence electrons. The second-order valence-electron chi connectivity index (χ2n) is 6.79. The Morgan fingerprint density at radius 3 is 2.64 bits per heavy atom. The number of urea groups is 1. The Hall–Kier alpha value is -2.75. The van der Waals surface area contributed by atoms with E-state index in [1.54, 1.807) is 17.5 Å². The van der Waals surface area contributed by atoms with Crippen LogP contribution in [0.25, 0.3) is 0 Å². The Bertz CT molecular complexity index is 785. The molecule has 2 fully saturated rings. The number of nitrogens with one attached hydrogen (secondary N) is 2. The van der Waals surface area contributed by atoms with Crippen LogP contribution in [0.1, 0.15) is 48.2 Å². The Morgan fingerprint density at radius 1 is 1.21 bits per heavy atom. The van der Waals surface area contributed by atoms with Gasteiger partial charge in [-0.25, -0.2) is 4.79 Å². The van der Waals surface area contributed by atoms with Gasteiger partial charge in [0.1, 0.15) is 5.54 Å². The molecule has 0 radical (unpaired) electrons. The van der Waals surface area contributed by atoms with E-state index in [0.717, 1.165) is 24.2 Å². The van der Waals surface area contributed by atoms with Crippen LogP contribution < -0.4 is 10.6 Å². The van der Waals surface area contributed by atoms with E-state index >= 15 is 0 Å². The van der Waals surface area contributed by atoms with Gasteiger partial charge in [-0.05, 0) is 24.3 Å². The molecular formula is C18H21N3O6S. The van der Waals surface area contributed by atoms with Crippen LogP contribution in [0.3, 0.4) is 0 Å². The van der Waals surface area contributed by atoms with E-state index in [1.165, 1.54) is 11.3 Å². The molecule has 1 aliphatic heterocycles. The molecule has 3 rings (SSSR count). The van der Waals surface area contributed by atoms with E-state index in [0.29, 0.717) is 17.7 Å². The normalized spacial score (nSPS) is 18.1. The van der Waals surface area contributed by atoms with Crippen LogP contribution in [0.4, 0.5) is 4.79 Å². The molecule has 1 saturated carbocycles. The molecule has 2 heterocycles. The highest BCUT2D eigenvalue weighted by Crippen LogP contribution is 2.33. The fraction of sp³-hybridized carbons (Fsp3) is 0.500. The summed E-state index contributed by atoms with van der Waals surface area (Å²) < 4.78 is 4.82. The standard InChI is InChI=1S/C18H21N3O6S/c22-13(19-15(24)12-5-4-10-28-12)11-27-14(23)6-9-21-16(25)18(20-17(21)26)7-2-1-3-8-18/h4-5,10H,1-3,6-9,11H2,(H,20,26)(H,19,22,24). The monoisotopic (exact) mass is 407 g/mol. The van der Waals surface area contributed by atoms with Gasteiger partial charge in [-0.1, -0.05) is 25.3 Å². The lowest BCUT2D eigenvalue weighted by Gasteiger charge is -2.30. The fourth-order valence-corrected chi connectivity index (χ4v) is 4.05. The summed E-state index contributed by atoms with van der Waals surface area (Å²) in [5.41, 5.74) is -0.832. The van der Waals surface area contributed by atoms with Gasteiger partial charge in [-0.3, -0.25) is 29.4 Å². The number of hydrogen-bond donors (Lipinski definition) is 2. The molecule has 0 bridgehead atoms. The first-order valence-corrected chi connectivity index (χ1v) is 9.97. The molecular weight excluding hydrogens is 386 g/mol. The molecule has 9 nitrogen and oxygen atoms in total. The van der Waals surface area contributed by atoms with Crippen molar-refractivity contribution < 1.29 is 28.7 Å². The molecule has 1 aromatic rings. The second kappa shape index (κ2) is 8.51. The zero-order valence-corrected chi connectivity index (χ0v) is 16.0. The molecule has 0 unspecified atom stereocenters. The third kappa shape index (κ3) is 4.38. The number of hydrogen-bond acceptors (Lipinski definition) is 7. The number of thiophene rings is 1. The SMILES string of the molecule is O=C(COC(=O)CCN1C(=O)NC2(CCCCC2)C1=O)NC(=O)c1cccs1. The van der Waals surface area contributed by atoms with Crippen LogP contribution in [0.5, 0.6) is 0 Å². The Kier molecular flexibility index (Phi) is 6.08. The lowest BCUT2D eigenvalue weighted by molar-refractivity contribution is -0.148. The van der Waals surface area contributed by atoms with Gasteiger partial charge in [0.2, 0.25) is 0 Å². The van der Waals surface area contributed by atoms with Crippen molar-refractivity contribution in [3.63, 3.8) is 0 Å².